The van der Waals surface area contributed by atoms with E-state index in [1.54, 1.807) is 0 Å². The number of halogens is 3. The van der Waals surface area contributed by atoms with Crippen LogP contribution in [-0.4, -0.2) is 56.1 Å². The van der Waals surface area contributed by atoms with E-state index in [0.29, 0.717) is 12.5 Å². The van der Waals surface area contributed by atoms with Gasteiger partial charge in [-0.1, -0.05) is 17.7 Å². The predicted octanol–water partition coefficient (Wildman–Crippen LogP) is 2.08. The standard InChI is InChI=1S/C17H25ClN4O.2ClH/c1-12-14(18)3-2-4-16(12)21-5-7-22(8-6-21)17(23)15-9-13(10-19)11-20-15;;/h2-4,13,15,20H,5-11,19H2,1H3;2*1H/t13?,15-;;/m0../s1. The van der Waals surface area contributed by atoms with Crippen molar-refractivity contribution in [3.8, 4) is 0 Å². The highest BCUT2D eigenvalue weighted by molar-refractivity contribution is 6.31. The number of nitrogens with zero attached hydrogens (tertiary/aromatic N) is 2. The largest absolute Gasteiger partial charge is 0.368 e. The van der Waals surface area contributed by atoms with Crippen molar-refractivity contribution >= 4 is 48.0 Å². The van der Waals surface area contributed by atoms with Gasteiger partial charge in [-0.2, -0.15) is 0 Å². The highest BCUT2D eigenvalue weighted by Crippen LogP contribution is 2.27. The van der Waals surface area contributed by atoms with Gasteiger partial charge in [-0.25, -0.2) is 0 Å². The van der Waals surface area contributed by atoms with Crippen molar-refractivity contribution in [2.45, 2.75) is 19.4 Å². The van der Waals surface area contributed by atoms with Crippen LogP contribution in [0, 0.1) is 12.8 Å². The van der Waals surface area contributed by atoms with E-state index in [4.69, 9.17) is 17.3 Å². The van der Waals surface area contributed by atoms with Crippen molar-refractivity contribution in [1.29, 1.82) is 0 Å². The number of hydrogen-bond donors (Lipinski definition) is 2. The van der Waals surface area contributed by atoms with Crippen molar-refractivity contribution in [3.05, 3.63) is 28.8 Å². The molecule has 1 unspecified atom stereocenters. The molecular weight excluding hydrogens is 383 g/mol. The van der Waals surface area contributed by atoms with Gasteiger partial charge in [0.25, 0.3) is 0 Å². The van der Waals surface area contributed by atoms with Crippen LogP contribution in [0.5, 0.6) is 0 Å². The second-order valence-corrected chi connectivity index (χ2v) is 6.90. The molecule has 0 spiro atoms. The maximum Gasteiger partial charge on any atom is 0.239 e. The van der Waals surface area contributed by atoms with Gasteiger partial charge in [0, 0.05) is 36.9 Å². The molecule has 1 aromatic rings. The lowest BCUT2D eigenvalue weighted by atomic mass is 10.0. The monoisotopic (exact) mass is 408 g/mol. The Kier molecular flexibility index (Phi) is 8.78. The fraction of sp³-hybridized carbons (Fsp3) is 0.588. The number of amides is 1. The van der Waals surface area contributed by atoms with Gasteiger partial charge in [0.05, 0.1) is 6.04 Å². The third kappa shape index (κ3) is 4.92. The van der Waals surface area contributed by atoms with E-state index in [1.807, 2.05) is 24.0 Å². The lowest BCUT2D eigenvalue weighted by Gasteiger charge is -2.38. The Morgan fingerprint density at radius 2 is 1.96 bits per heavy atom. The molecule has 1 amide bonds. The van der Waals surface area contributed by atoms with Gasteiger partial charge in [0.2, 0.25) is 5.91 Å². The Morgan fingerprint density at radius 3 is 2.56 bits per heavy atom. The first-order valence-corrected chi connectivity index (χ1v) is 8.70. The van der Waals surface area contributed by atoms with Gasteiger partial charge in [0.1, 0.15) is 0 Å². The van der Waals surface area contributed by atoms with Crippen molar-refractivity contribution in [2.24, 2.45) is 11.7 Å². The van der Waals surface area contributed by atoms with Crippen molar-refractivity contribution in [2.75, 3.05) is 44.2 Å². The fourth-order valence-corrected chi connectivity index (χ4v) is 3.67. The molecule has 142 valence electrons. The zero-order valence-corrected chi connectivity index (χ0v) is 16.8. The van der Waals surface area contributed by atoms with Gasteiger partial charge in [-0.3, -0.25) is 4.79 Å². The second kappa shape index (κ2) is 9.83. The van der Waals surface area contributed by atoms with Gasteiger partial charge >= 0.3 is 0 Å². The van der Waals surface area contributed by atoms with Crippen LogP contribution < -0.4 is 16.0 Å². The number of carbonyl (C=O) groups is 1. The number of hydrogen-bond acceptors (Lipinski definition) is 4. The Hall–Kier alpha value is -0.720. The molecule has 2 fully saturated rings. The van der Waals surface area contributed by atoms with Crippen molar-refractivity contribution < 1.29 is 4.79 Å². The number of nitrogens with two attached hydrogens (primary N) is 1. The highest BCUT2D eigenvalue weighted by Gasteiger charge is 2.33. The average molecular weight is 410 g/mol. The number of rotatable bonds is 3. The first-order chi connectivity index (χ1) is 11.1. The molecule has 0 aliphatic carbocycles. The van der Waals surface area contributed by atoms with Gasteiger partial charge in [-0.15, -0.1) is 24.8 Å². The molecule has 2 atom stereocenters. The van der Waals surface area contributed by atoms with Crippen LogP contribution >= 0.6 is 36.4 Å². The number of nitrogens with one attached hydrogen (secondary N) is 1. The van der Waals surface area contributed by atoms with Crippen LogP contribution in [0.4, 0.5) is 5.69 Å². The molecule has 0 aromatic heterocycles. The SMILES string of the molecule is Cc1c(Cl)cccc1N1CCN(C(=O)[C@@H]2CC(CN)CN2)CC1.Cl.Cl. The minimum atomic E-state index is -0.0528. The smallest absolute Gasteiger partial charge is 0.239 e. The number of piperazine rings is 1. The maximum absolute atomic E-state index is 12.6. The topological polar surface area (TPSA) is 61.6 Å². The summed E-state index contributed by atoms with van der Waals surface area (Å²) in [6, 6.07) is 5.95. The first-order valence-electron chi connectivity index (χ1n) is 8.32. The summed E-state index contributed by atoms with van der Waals surface area (Å²) in [6.45, 7) is 6.77. The van der Waals surface area contributed by atoms with Gasteiger partial charge < -0.3 is 20.9 Å². The second-order valence-electron chi connectivity index (χ2n) is 6.49. The summed E-state index contributed by atoms with van der Waals surface area (Å²) < 4.78 is 0. The maximum atomic E-state index is 12.6. The summed E-state index contributed by atoms with van der Waals surface area (Å²) in [5.74, 6) is 0.655. The van der Waals surface area contributed by atoms with Gasteiger partial charge in [0.15, 0.2) is 0 Å². The molecule has 2 aliphatic heterocycles. The van der Waals surface area contributed by atoms with Crippen LogP contribution in [0.3, 0.4) is 0 Å². The summed E-state index contributed by atoms with van der Waals surface area (Å²) in [4.78, 5) is 16.9. The molecule has 0 radical (unpaired) electrons. The number of benzene rings is 1. The van der Waals surface area contributed by atoms with Crippen LogP contribution in [0.15, 0.2) is 18.2 Å². The molecule has 0 bridgehead atoms. The summed E-state index contributed by atoms with van der Waals surface area (Å²) >= 11 is 6.22. The van der Waals surface area contributed by atoms with Crippen LogP contribution in [0.2, 0.25) is 5.02 Å². The molecule has 3 rings (SSSR count). The molecule has 0 saturated carbocycles. The van der Waals surface area contributed by atoms with E-state index in [1.165, 1.54) is 5.69 Å². The van der Waals surface area contributed by atoms with E-state index in [-0.39, 0.29) is 36.8 Å². The summed E-state index contributed by atoms with van der Waals surface area (Å²) in [5, 5.41) is 4.11. The third-order valence-corrected chi connectivity index (χ3v) is 5.43. The Balaban J connectivity index is 0.00000156. The zero-order chi connectivity index (χ0) is 16.4. The quantitative estimate of drug-likeness (QED) is 0.802. The molecule has 25 heavy (non-hydrogen) atoms. The fourth-order valence-electron chi connectivity index (χ4n) is 3.50. The van der Waals surface area contributed by atoms with E-state index in [0.717, 1.165) is 49.7 Å². The van der Waals surface area contributed by atoms with Crippen molar-refractivity contribution in [3.63, 3.8) is 0 Å². The average Bonchev–Trinajstić information content (AvgIpc) is 3.06. The number of anilines is 1. The molecule has 2 aliphatic rings. The minimum Gasteiger partial charge on any atom is -0.368 e. The molecule has 8 heteroatoms. The van der Waals surface area contributed by atoms with Crippen LogP contribution in [0.25, 0.3) is 0 Å². The van der Waals surface area contributed by atoms with E-state index in [2.05, 4.69) is 16.3 Å². The Labute approximate surface area is 167 Å². The molecule has 2 heterocycles. The Bertz CT molecular complexity index is 579. The highest BCUT2D eigenvalue weighted by atomic mass is 35.5. The summed E-state index contributed by atoms with van der Waals surface area (Å²) in [6.07, 6.45) is 0.864. The molecule has 5 nitrogen and oxygen atoms in total. The Morgan fingerprint density at radius 1 is 1.28 bits per heavy atom. The summed E-state index contributed by atoms with van der Waals surface area (Å²) in [5.41, 5.74) is 7.98. The minimum absolute atomic E-state index is 0. The zero-order valence-electron chi connectivity index (χ0n) is 14.4. The van der Waals surface area contributed by atoms with Crippen molar-refractivity contribution in [1.82, 2.24) is 10.2 Å². The molecular formula is C17H27Cl3N4O. The van der Waals surface area contributed by atoms with E-state index < -0.39 is 0 Å². The summed E-state index contributed by atoms with van der Waals surface area (Å²) in [7, 11) is 0. The molecule has 2 saturated heterocycles. The van der Waals surface area contributed by atoms with E-state index >= 15 is 0 Å². The predicted molar refractivity (Wildman–Crippen MR) is 108 cm³/mol. The first kappa shape index (κ1) is 22.3. The van der Waals surface area contributed by atoms with E-state index in [9.17, 15) is 4.79 Å². The van der Waals surface area contributed by atoms with Gasteiger partial charge in [-0.05, 0) is 50.0 Å². The lowest BCUT2D eigenvalue weighted by molar-refractivity contribution is -0.133. The normalized spacial score (nSPS) is 23.0. The molecule has 1 aromatic carbocycles. The lowest BCUT2D eigenvalue weighted by Crippen LogP contribution is -2.53. The van der Waals surface area contributed by atoms with Crippen LogP contribution in [0.1, 0.15) is 12.0 Å². The molecule has 3 N–H and O–H groups in total. The van der Waals surface area contributed by atoms with Crippen LogP contribution in [-0.2, 0) is 4.79 Å². The number of carbonyl (C=O) groups excluding carboxylic acids is 1. The third-order valence-electron chi connectivity index (χ3n) is 5.02.